The summed E-state index contributed by atoms with van der Waals surface area (Å²) in [6, 6.07) is 6.99. The molecular formula is C24H29FN6O4. The Morgan fingerprint density at radius 2 is 1.91 bits per heavy atom. The number of benzene rings is 1. The van der Waals surface area contributed by atoms with Crippen LogP contribution in [0.15, 0.2) is 44.7 Å². The second-order valence-corrected chi connectivity index (χ2v) is 8.67. The normalized spacial score (nSPS) is 11.1. The van der Waals surface area contributed by atoms with Crippen molar-refractivity contribution in [3.05, 3.63) is 78.6 Å². The molecule has 0 bridgehead atoms. The highest BCUT2D eigenvalue weighted by atomic mass is 19.1. The van der Waals surface area contributed by atoms with Crippen LogP contribution >= 0.6 is 0 Å². The molecule has 186 valence electrons. The molecule has 0 fully saturated rings. The Morgan fingerprint density at radius 3 is 2.54 bits per heavy atom. The molecule has 0 saturated heterocycles. The standard InChI is InChI=1S/C24H29FN6O4/c1-5-6-11-29(20-21(26)30(13-14(2)3)24(35)27-22(20)33)23(34)19-18(32)12-15(4)31(28-19)17-10-8-7-9-16(17)25/h7-10,12,14H,5-6,11,13,26H2,1-4H3,(H,27,33,35). The number of carbonyl (C=O) groups excluding carboxylic acids is 1. The summed E-state index contributed by atoms with van der Waals surface area (Å²) >= 11 is 0. The van der Waals surface area contributed by atoms with Crippen molar-refractivity contribution < 1.29 is 9.18 Å². The van der Waals surface area contributed by atoms with E-state index in [1.54, 1.807) is 13.0 Å². The lowest BCUT2D eigenvalue weighted by atomic mass is 10.2. The zero-order valence-electron chi connectivity index (χ0n) is 20.2. The molecule has 2 heterocycles. The number of nitrogens with two attached hydrogens (primary N) is 1. The van der Waals surface area contributed by atoms with Crippen molar-refractivity contribution in [1.29, 1.82) is 0 Å². The third kappa shape index (κ3) is 5.23. The van der Waals surface area contributed by atoms with Crippen LogP contribution in [0.1, 0.15) is 49.8 Å². The van der Waals surface area contributed by atoms with Gasteiger partial charge in [-0.05, 0) is 31.4 Å². The van der Waals surface area contributed by atoms with Gasteiger partial charge >= 0.3 is 5.69 Å². The first-order valence-electron chi connectivity index (χ1n) is 11.4. The molecule has 0 radical (unpaired) electrons. The Bertz CT molecular complexity index is 1420. The van der Waals surface area contributed by atoms with Crippen LogP contribution in [-0.2, 0) is 6.54 Å². The quantitative estimate of drug-likeness (QED) is 0.503. The predicted octanol–water partition coefficient (Wildman–Crippen LogP) is 2.22. The number of para-hydroxylation sites is 1. The zero-order valence-corrected chi connectivity index (χ0v) is 20.2. The summed E-state index contributed by atoms with van der Waals surface area (Å²) in [5.41, 5.74) is 3.63. The minimum Gasteiger partial charge on any atom is -0.383 e. The molecule has 0 atom stereocenters. The number of H-pyrrole nitrogens is 1. The van der Waals surface area contributed by atoms with Crippen LogP contribution in [0.4, 0.5) is 15.9 Å². The number of carbonyl (C=O) groups is 1. The van der Waals surface area contributed by atoms with E-state index in [2.05, 4.69) is 10.1 Å². The highest BCUT2D eigenvalue weighted by Gasteiger charge is 2.28. The average Bonchev–Trinajstić information content (AvgIpc) is 2.79. The van der Waals surface area contributed by atoms with E-state index >= 15 is 0 Å². The molecule has 3 rings (SSSR count). The van der Waals surface area contributed by atoms with E-state index in [1.807, 2.05) is 20.8 Å². The van der Waals surface area contributed by atoms with Gasteiger partial charge in [0.1, 0.15) is 17.3 Å². The van der Waals surface area contributed by atoms with Gasteiger partial charge in [-0.25, -0.2) is 13.9 Å². The zero-order chi connectivity index (χ0) is 25.9. The van der Waals surface area contributed by atoms with Crippen LogP contribution in [-0.4, -0.2) is 31.8 Å². The molecule has 3 N–H and O–H groups in total. The number of amides is 1. The smallest absolute Gasteiger partial charge is 0.330 e. The van der Waals surface area contributed by atoms with E-state index in [4.69, 9.17) is 5.73 Å². The molecule has 3 aromatic rings. The second-order valence-electron chi connectivity index (χ2n) is 8.67. The maximum absolute atomic E-state index is 14.4. The fraction of sp³-hybridized carbons (Fsp3) is 0.375. The van der Waals surface area contributed by atoms with Gasteiger partial charge in [0, 0.05) is 24.8 Å². The number of hydrogen-bond donors (Lipinski definition) is 2. The molecule has 2 aromatic heterocycles. The van der Waals surface area contributed by atoms with Gasteiger partial charge in [0.15, 0.2) is 11.4 Å². The summed E-state index contributed by atoms with van der Waals surface area (Å²) in [7, 11) is 0. The maximum atomic E-state index is 14.4. The fourth-order valence-corrected chi connectivity index (χ4v) is 3.71. The lowest BCUT2D eigenvalue weighted by Crippen LogP contribution is -2.43. The minimum atomic E-state index is -0.875. The Kier molecular flexibility index (Phi) is 7.68. The van der Waals surface area contributed by atoms with Crippen molar-refractivity contribution in [2.24, 2.45) is 5.92 Å². The van der Waals surface area contributed by atoms with E-state index in [9.17, 15) is 23.6 Å². The first-order chi connectivity index (χ1) is 16.6. The number of aromatic nitrogens is 4. The first-order valence-corrected chi connectivity index (χ1v) is 11.4. The summed E-state index contributed by atoms with van der Waals surface area (Å²) in [6.45, 7) is 7.47. The molecule has 0 aliphatic heterocycles. The minimum absolute atomic E-state index is 0.0280. The molecule has 0 aliphatic rings. The van der Waals surface area contributed by atoms with E-state index in [0.29, 0.717) is 18.5 Å². The summed E-state index contributed by atoms with van der Waals surface area (Å²) in [5.74, 6) is -1.62. The number of aromatic amines is 1. The number of aryl methyl sites for hydroxylation is 1. The summed E-state index contributed by atoms with van der Waals surface area (Å²) in [5, 5.41) is 4.16. The number of halogens is 1. The summed E-state index contributed by atoms with van der Waals surface area (Å²) in [6.07, 6.45) is 1.16. The fourth-order valence-electron chi connectivity index (χ4n) is 3.71. The highest BCUT2D eigenvalue weighted by molar-refractivity contribution is 6.05. The Morgan fingerprint density at radius 1 is 1.23 bits per heavy atom. The Hall–Kier alpha value is -4.02. The Labute approximate surface area is 200 Å². The number of nitrogens with one attached hydrogen (secondary N) is 1. The molecule has 11 heteroatoms. The maximum Gasteiger partial charge on any atom is 0.330 e. The Balaban J connectivity index is 2.21. The van der Waals surface area contributed by atoms with Gasteiger partial charge in [0.25, 0.3) is 11.5 Å². The number of rotatable bonds is 8. The van der Waals surface area contributed by atoms with Crippen LogP contribution < -0.4 is 27.3 Å². The lowest BCUT2D eigenvalue weighted by molar-refractivity contribution is 0.0978. The van der Waals surface area contributed by atoms with E-state index in [0.717, 1.165) is 9.58 Å². The number of unbranched alkanes of at least 4 members (excludes halogenated alkanes) is 1. The third-order valence-corrected chi connectivity index (χ3v) is 5.40. The first kappa shape index (κ1) is 25.6. The van der Waals surface area contributed by atoms with Crippen molar-refractivity contribution in [3.8, 4) is 5.69 Å². The summed E-state index contributed by atoms with van der Waals surface area (Å²) < 4.78 is 16.8. The van der Waals surface area contributed by atoms with Gasteiger partial charge < -0.3 is 5.73 Å². The van der Waals surface area contributed by atoms with Crippen LogP contribution in [0.5, 0.6) is 0 Å². The third-order valence-electron chi connectivity index (χ3n) is 5.40. The SMILES string of the molecule is CCCCN(C(=O)c1nn(-c2ccccc2F)c(C)cc1=O)c1c(N)n(CC(C)C)c(=O)[nH]c1=O. The lowest BCUT2D eigenvalue weighted by Gasteiger charge is -2.24. The molecule has 1 aromatic carbocycles. The molecule has 0 spiro atoms. The molecular weight excluding hydrogens is 455 g/mol. The molecule has 35 heavy (non-hydrogen) atoms. The number of hydrogen-bond acceptors (Lipinski definition) is 6. The van der Waals surface area contributed by atoms with E-state index < -0.39 is 34.1 Å². The summed E-state index contributed by atoms with van der Waals surface area (Å²) in [4.78, 5) is 54.9. The average molecular weight is 485 g/mol. The number of nitrogen functional groups attached to an aromatic ring is 1. The van der Waals surface area contributed by atoms with Crippen molar-refractivity contribution in [2.75, 3.05) is 17.2 Å². The molecule has 1 amide bonds. The molecule has 10 nitrogen and oxygen atoms in total. The molecule has 0 aliphatic carbocycles. The van der Waals surface area contributed by atoms with E-state index in [1.165, 1.54) is 28.8 Å². The topological polar surface area (TPSA) is 136 Å². The van der Waals surface area contributed by atoms with Crippen molar-refractivity contribution >= 4 is 17.4 Å². The van der Waals surface area contributed by atoms with Gasteiger partial charge in [0.2, 0.25) is 5.43 Å². The van der Waals surface area contributed by atoms with Crippen LogP contribution in [0, 0.1) is 18.7 Å². The van der Waals surface area contributed by atoms with Gasteiger partial charge in [-0.1, -0.05) is 39.3 Å². The van der Waals surface area contributed by atoms with Crippen molar-refractivity contribution in [3.63, 3.8) is 0 Å². The van der Waals surface area contributed by atoms with Crippen LogP contribution in [0.3, 0.4) is 0 Å². The van der Waals surface area contributed by atoms with Gasteiger partial charge in [-0.15, -0.1) is 0 Å². The predicted molar refractivity (Wildman–Crippen MR) is 132 cm³/mol. The largest absolute Gasteiger partial charge is 0.383 e. The van der Waals surface area contributed by atoms with Crippen LogP contribution in [0.25, 0.3) is 5.69 Å². The van der Waals surface area contributed by atoms with Crippen molar-refractivity contribution in [2.45, 2.75) is 47.1 Å². The molecule has 0 unspecified atom stereocenters. The number of nitrogens with zero attached hydrogens (tertiary/aromatic N) is 4. The number of anilines is 2. The monoisotopic (exact) mass is 484 g/mol. The second kappa shape index (κ2) is 10.5. The van der Waals surface area contributed by atoms with Crippen molar-refractivity contribution in [1.82, 2.24) is 19.3 Å². The highest BCUT2D eigenvalue weighted by Crippen LogP contribution is 2.20. The van der Waals surface area contributed by atoms with Crippen LogP contribution in [0.2, 0.25) is 0 Å². The van der Waals surface area contributed by atoms with Gasteiger partial charge in [-0.2, -0.15) is 5.10 Å². The van der Waals surface area contributed by atoms with E-state index in [-0.39, 0.29) is 36.2 Å². The molecule has 0 saturated carbocycles. The van der Waals surface area contributed by atoms with Gasteiger partial charge in [-0.3, -0.25) is 28.8 Å². The van der Waals surface area contributed by atoms with Gasteiger partial charge in [0.05, 0.1) is 0 Å².